The summed E-state index contributed by atoms with van der Waals surface area (Å²) in [5.74, 6) is -0.105. The number of hydrogen-bond donors (Lipinski definition) is 0. The highest BCUT2D eigenvalue weighted by Crippen LogP contribution is 2.14. The van der Waals surface area contributed by atoms with Crippen molar-refractivity contribution in [3.8, 4) is 0 Å². The lowest BCUT2D eigenvalue weighted by Gasteiger charge is -2.17. The summed E-state index contributed by atoms with van der Waals surface area (Å²) in [5, 5.41) is 0. The Morgan fingerprint density at radius 3 is 2.22 bits per heavy atom. The summed E-state index contributed by atoms with van der Waals surface area (Å²) in [6.07, 6.45) is 9.97. The van der Waals surface area contributed by atoms with Crippen LogP contribution in [0.25, 0.3) is 0 Å². The van der Waals surface area contributed by atoms with Gasteiger partial charge in [-0.15, -0.1) is 0 Å². The molecule has 0 aliphatic heterocycles. The van der Waals surface area contributed by atoms with Gasteiger partial charge in [-0.05, 0) is 25.7 Å². The number of carbonyl (C=O) groups excluding carboxylic acids is 1. The standard InChI is InChI=1S/C15H30O3/c1-4-6-7-10-14(18-13-5-2)11-8-9-12-15(16)17-3/h14H,4-13H2,1-3H3. The molecule has 0 spiro atoms. The monoisotopic (exact) mass is 258 g/mol. The molecule has 0 saturated carbocycles. The molecule has 0 radical (unpaired) electrons. The number of esters is 1. The third-order valence-electron chi connectivity index (χ3n) is 3.07. The first kappa shape index (κ1) is 17.4. The smallest absolute Gasteiger partial charge is 0.305 e. The molecule has 3 heteroatoms. The Morgan fingerprint density at radius 1 is 1.00 bits per heavy atom. The predicted molar refractivity (Wildman–Crippen MR) is 74.7 cm³/mol. The Balaban J connectivity index is 3.67. The van der Waals surface area contributed by atoms with E-state index in [4.69, 9.17) is 4.74 Å². The van der Waals surface area contributed by atoms with Crippen LogP contribution in [-0.2, 0) is 14.3 Å². The molecule has 0 N–H and O–H groups in total. The van der Waals surface area contributed by atoms with Gasteiger partial charge in [0.05, 0.1) is 13.2 Å². The summed E-state index contributed by atoms with van der Waals surface area (Å²) in [6, 6.07) is 0. The van der Waals surface area contributed by atoms with Crippen LogP contribution in [0.1, 0.15) is 71.6 Å². The van der Waals surface area contributed by atoms with E-state index in [0.29, 0.717) is 12.5 Å². The van der Waals surface area contributed by atoms with Crippen LogP contribution in [0, 0.1) is 0 Å². The fourth-order valence-corrected chi connectivity index (χ4v) is 1.96. The molecular formula is C15H30O3. The predicted octanol–water partition coefficient (Wildman–Crippen LogP) is 4.10. The van der Waals surface area contributed by atoms with Crippen molar-refractivity contribution in [3.05, 3.63) is 0 Å². The van der Waals surface area contributed by atoms with Gasteiger partial charge < -0.3 is 9.47 Å². The fraction of sp³-hybridized carbons (Fsp3) is 0.933. The average molecular weight is 258 g/mol. The zero-order chi connectivity index (χ0) is 13.6. The van der Waals surface area contributed by atoms with E-state index in [0.717, 1.165) is 38.7 Å². The van der Waals surface area contributed by atoms with Gasteiger partial charge in [-0.25, -0.2) is 0 Å². The normalized spacial score (nSPS) is 12.4. The minimum Gasteiger partial charge on any atom is -0.469 e. The number of hydrogen-bond acceptors (Lipinski definition) is 3. The van der Waals surface area contributed by atoms with E-state index in [1.807, 2.05) is 0 Å². The molecule has 0 aliphatic carbocycles. The first-order valence-corrected chi connectivity index (χ1v) is 7.43. The number of methoxy groups -OCH3 is 1. The van der Waals surface area contributed by atoms with Crippen molar-refractivity contribution in [3.63, 3.8) is 0 Å². The average Bonchev–Trinajstić information content (AvgIpc) is 2.39. The first-order chi connectivity index (χ1) is 8.74. The molecule has 108 valence electrons. The SMILES string of the molecule is CCCCCC(CCCCC(=O)OC)OCCC. The molecule has 0 fully saturated rings. The Kier molecular flexibility index (Phi) is 12.5. The second-order valence-corrected chi connectivity index (χ2v) is 4.81. The van der Waals surface area contributed by atoms with Crippen LogP contribution >= 0.6 is 0 Å². The first-order valence-electron chi connectivity index (χ1n) is 7.43. The fourth-order valence-electron chi connectivity index (χ4n) is 1.96. The minimum atomic E-state index is -0.105. The third-order valence-corrected chi connectivity index (χ3v) is 3.07. The Bertz CT molecular complexity index is 192. The van der Waals surface area contributed by atoms with Gasteiger partial charge in [-0.2, -0.15) is 0 Å². The van der Waals surface area contributed by atoms with Gasteiger partial charge in [0.2, 0.25) is 0 Å². The van der Waals surface area contributed by atoms with E-state index in [1.165, 1.54) is 26.4 Å². The van der Waals surface area contributed by atoms with Crippen molar-refractivity contribution in [1.29, 1.82) is 0 Å². The van der Waals surface area contributed by atoms with Crippen LogP contribution in [0.4, 0.5) is 0 Å². The van der Waals surface area contributed by atoms with Gasteiger partial charge >= 0.3 is 5.97 Å². The molecule has 0 bridgehead atoms. The molecular weight excluding hydrogens is 228 g/mol. The Labute approximate surface area is 112 Å². The van der Waals surface area contributed by atoms with Crippen LogP contribution in [0.2, 0.25) is 0 Å². The van der Waals surface area contributed by atoms with Gasteiger partial charge in [-0.3, -0.25) is 4.79 Å². The lowest BCUT2D eigenvalue weighted by molar-refractivity contribution is -0.140. The highest BCUT2D eigenvalue weighted by molar-refractivity contribution is 5.68. The van der Waals surface area contributed by atoms with Crippen molar-refractivity contribution >= 4 is 5.97 Å². The summed E-state index contributed by atoms with van der Waals surface area (Å²) in [7, 11) is 1.44. The van der Waals surface area contributed by atoms with Gasteiger partial charge in [0, 0.05) is 13.0 Å². The maximum absolute atomic E-state index is 11.0. The van der Waals surface area contributed by atoms with E-state index in [2.05, 4.69) is 18.6 Å². The molecule has 0 amide bonds. The molecule has 0 aromatic rings. The second-order valence-electron chi connectivity index (χ2n) is 4.81. The molecule has 0 saturated heterocycles. The van der Waals surface area contributed by atoms with Crippen LogP contribution < -0.4 is 0 Å². The minimum absolute atomic E-state index is 0.105. The number of rotatable bonds is 12. The van der Waals surface area contributed by atoms with Gasteiger partial charge in [0.1, 0.15) is 0 Å². The molecule has 0 aromatic carbocycles. The lowest BCUT2D eigenvalue weighted by Crippen LogP contribution is -2.14. The van der Waals surface area contributed by atoms with Crippen molar-refractivity contribution in [2.75, 3.05) is 13.7 Å². The van der Waals surface area contributed by atoms with Crippen molar-refractivity contribution in [2.24, 2.45) is 0 Å². The quantitative estimate of drug-likeness (QED) is 0.390. The summed E-state index contributed by atoms with van der Waals surface area (Å²) in [5.41, 5.74) is 0. The van der Waals surface area contributed by atoms with E-state index < -0.39 is 0 Å². The number of unbranched alkanes of at least 4 members (excludes halogenated alkanes) is 3. The Morgan fingerprint density at radius 2 is 1.67 bits per heavy atom. The van der Waals surface area contributed by atoms with Crippen molar-refractivity contribution < 1.29 is 14.3 Å². The zero-order valence-corrected chi connectivity index (χ0v) is 12.4. The van der Waals surface area contributed by atoms with E-state index in [1.54, 1.807) is 0 Å². The summed E-state index contributed by atoms with van der Waals surface area (Å²) in [4.78, 5) is 11.0. The highest BCUT2D eigenvalue weighted by atomic mass is 16.5. The molecule has 1 unspecified atom stereocenters. The molecule has 1 atom stereocenters. The van der Waals surface area contributed by atoms with Crippen LogP contribution in [-0.4, -0.2) is 25.8 Å². The Hall–Kier alpha value is -0.570. The maximum Gasteiger partial charge on any atom is 0.305 e. The van der Waals surface area contributed by atoms with Crippen LogP contribution in [0.5, 0.6) is 0 Å². The van der Waals surface area contributed by atoms with Crippen LogP contribution in [0.15, 0.2) is 0 Å². The largest absolute Gasteiger partial charge is 0.469 e. The van der Waals surface area contributed by atoms with E-state index >= 15 is 0 Å². The van der Waals surface area contributed by atoms with Gasteiger partial charge in [0.25, 0.3) is 0 Å². The number of ether oxygens (including phenoxy) is 2. The zero-order valence-electron chi connectivity index (χ0n) is 12.4. The van der Waals surface area contributed by atoms with Crippen molar-refractivity contribution in [1.82, 2.24) is 0 Å². The molecule has 0 heterocycles. The summed E-state index contributed by atoms with van der Waals surface area (Å²) < 4.78 is 10.5. The molecule has 0 rings (SSSR count). The molecule has 0 aromatic heterocycles. The van der Waals surface area contributed by atoms with Gasteiger partial charge in [-0.1, -0.05) is 39.5 Å². The topological polar surface area (TPSA) is 35.5 Å². The van der Waals surface area contributed by atoms with Crippen molar-refractivity contribution in [2.45, 2.75) is 77.7 Å². The summed E-state index contributed by atoms with van der Waals surface area (Å²) >= 11 is 0. The number of carbonyl (C=O) groups is 1. The summed E-state index contributed by atoms with van der Waals surface area (Å²) in [6.45, 7) is 5.21. The maximum atomic E-state index is 11.0. The lowest BCUT2D eigenvalue weighted by atomic mass is 10.0. The van der Waals surface area contributed by atoms with Crippen LogP contribution in [0.3, 0.4) is 0 Å². The second kappa shape index (κ2) is 12.9. The van der Waals surface area contributed by atoms with E-state index in [-0.39, 0.29) is 5.97 Å². The third kappa shape index (κ3) is 10.6. The molecule has 3 nitrogen and oxygen atoms in total. The molecule has 0 aliphatic rings. The van der Waals surface area contributed by atoms with E-state index in [9.17, 15) is 4.79 Å². The highest BCUT2D eigenvalue weighted by Gasteiger charge is 2.09. The van der Waals surface area contributed by atoms with Gasteiger partial charge in [0.15, 0.2) is 0 Å². The molecule has 18 heavy (non-hydrogen) atoms.